The summed E-state index contributed by atoms with van der Waals surface area (Å²) in [6.45, 7) is 0. The number of hydrogen-bond donors (Lipinski definition) is 1. The molecule has 1 aliphatic rings. The average Bonchev–Trinajstić information content (AvgIpc) is 3.09. The van der Waals surface area contributed by atoms with Gasteiger partial charge in [0.2, 0.25) is 0 Å². The standard InChI is InChI=1S/C15H18N2OS/c18-14-7-3-4-8-15(14)19-11-12-9-10-17(16-12)13-5-1-2-6-13/h3-4,7-10,13,18H,1-2,5-6,11H2. The minimum atomic E-state index is 0.350. The summed E-state index contributed by atoms with van der Waals surface area (Å²) in [5.74, 6) is 1.15. The van der Waals surface area contributed by atoms with Crippen LogP contribution in [-0.2, 0) is 5.75 Å². The van der Waals surface area contributed by atoms with Crippen LogP contribution >= 0.6 is 11.8 Å². The van der Waals surface area contributed by atoms with Crippen LogP contribution in [0.3, 0.4) is 0 Å². The Hall–Kier alpha value is -1.42. The van der Waals surface area contributed by atoms with E-state index in [1.165, 1.54) is 25.7 Å². The summed E-state index contributed by atoms with van der Waals surface area (Å²) < 4.78 is 2.12. The normalized spacial score (nSPS) is 16.0. The van der Waals surface area contributed by atoms with Crippen LogP contribution in [0.1, 0.15) is 37.4 Å². The van der Waals surface area contributed by atoms with Crippen molar-refractivity contribution in [1.82, 2.24) is 9.78 Å². The molecule has 1 aromatic carbocycles. The Morgan fingerprint density at radius 2 is 2.00 bits per heavy atom. The third-order valence-corrected chi connectivity index (χ3v) is 4.70. The van der Waals surface area contributed by atoms with Crippen molar-refractivity contribution >= 4 is 11.8 Å². The summed E-state index contributed by atoms with van der Waals surface area (Å²) in [6, 6.07) is 10.1. The van der Waals surface area contributed by atoms with Gasteiger partial charge in [0.1, 0.15) is 5.75 Å². The Kier molecular flexibility index (Phi) is 3.78. The molecular formula is C15H18N2OS. The second-order valence-electron chi connectivity index (χ2n) is 4.98. The summed E-state index contributed by atoms with van der Waals surface area (Å²) in [5, 5.41) is 14.4. The van der Waals surface area contributed by atoms with E-state index in [1.807, 2.05) is 18.2 Å². The maximum absolute atomic E-state index is 9.72. The Balaban J connectivity index is 1.63. The molecule has 0 radical (unpaired) electrons. The van der Waals surface area contributed by atoms with Crippen molar-refractivity contribution in [1.29, 1.82) is 0 Å². The number of aromatic hydroxyl groups is 1. The van der Waals surface area contributed by atoms with Crippen molar-refractivity contribution in [3.63, 3.8) is 0 Å². The number of phenols is 1. The van der Waals surface area contributed by atoms with E-state index in [0.29, 0.717) is 11.8 Å². The largest absolute Gasteiger partial charge is 0.507 e. The highest BCUT2D eigenvalue weighted by atomic mass is 32.2. The van der Waals surface area contributed by atoms with E-state index >= 15 is 0 Å². The first-order valence-corrected chi connectivity index (χ1v) is 7.76. The van der Waals surface area contributed by atoms with E-state index in [4.69, 9.17) is 0 Å². The van der Waals surface area contributed by atoms with E-state index in [1.54, 1.807) is 17.8 Å². The quantitative estimate of drug-likeness (QED) is 0.856. The van der Waals surface area contributed by atoms with Crippen LogP contribution in [0.4, 0.5) is 0 Å². The van der Waals surface area contributed by atoms with Crippen molar-refractivity contribution in [3.05, 3.63) is 42.2 Å². The smallest absolute Gasteiger partial charge is 0.129 e. The molecule has 0 aliphatic heterocycles. The SMILES string of the molecule is Oc1ccccc1SCc1ccn(C2CCCC2)n1. The molecule has 1 aromatic heterocycles. The summed E-state index contributed by atoms with van der Waals surface area (Å²) in [4.78, 5) is 0.915. The molecule has 1 N–H and O–H groups in total. The van der Waals surface area contributed by atoms with Gasteiger partial charge in [0.25, 0.3) is 0 Å². The predicted octanol–water partition coefficient (Wildman–Crippen LogP) is 4.00. The van der Waals surface area contributed by atoms with E-state index in [-0.39, 0.29) is 0 Å². The molecule has 1 aliphatic carbocycles. The summed E-state index contributed by atoms with van der Waals surface area (Å²) in [6.07, 6.45) is 7.26. The Labute approximate surface area is 117 Å². The fraction of sp³-hybridized carbons (Fsp3) is 0.400. The van der Waals surface area contributed by atoms with Crippen molar-refractivity contribution in [2.24, 2.45) is 0 Å². The molecule has 0 spiro atoms. The zero-order valence-corrected chi connectivity index (χ0v) is 11.6. The van der Waals surface area contributed by atoms with Crippen molar-refractivity contribution in [2.75, 3.05) is 0 Å². The molecule has 0 amide bonds. The number of para-hydroxylation sites is 1. The second-order valence-corrected chi connectivity index (χ2v) is 6.00. The lowest BCUT2D eigenvalue weighted by molar-refractivity contribution is 0.462. The van der Waals surface area contributed by atoms with E-state index in [9.17, 15) is 5.11 Å². The summed E-state index contributed by atoms with van der Waals surface area (Å²) in [7, 11) is 0. The van der Waals surface area contributed by atoms with Gasteiger partial charge < -0.3 is 5.11 Å². The van der Waals surface area contributed by atoms with Gasteiger partial charge in [-0.15, -0.1) is 11.8 Å². The molecule has 0 unspecified atom stereocenters. The van der Waals surface area contributed by atoms with Gasteiger partial charge in [-0.1, -0.05) is 25.0 Å². The van der Waals surface area contributed by atoms with Crippen molar-refractivity contribution < 1.29 is 5.11 Å². The van der Waals surface area contributed by atoms with Crippen LogP contribution in [-0.4, -0.2) is 14.9 Å². The topological polar surface area (TPSA) is 38.0 Å². The lowest BCUT2D eigenvalue weighted by Crippen LogP contribution is -2.05. The van der Waals surface area contributed by atoms with Crippen LogP contribution in [0.2, 0.25) is 0 Å². The second kappa shape index (κ2) is 5.70. The number of rotatable bonds is 4. The van der Waals surface area contributed by atoms with Crippen LogP contribution in [0.15, 0.2) is 41.4 Å². The van der Waals surface area contributed by atoms with Crippen LogP contribution in [0, 0.1) is 0 Å². The lowest BCUT2D eigenvalue weighted by Gasteiger charge is -2.08. The monoisotopic (exact) mass is 274 g/mol. The molecule has 3 nitrogen and oxygen atoms in total. The first-order chi connectivity index (χ1) is 9.33. The highest BCUT2D eigenvalue weighted by molar-refractivity contribution is 7.98. The first-order valence-electron chi connectivity index (χ1n) is 6.78. The number of thioether (sulfide) groups is 1. The molecule has 1 fully saturated rings. The number of nitrogens with zero attached hydrogens (tertiary/aromatic N) is 2. The van der Waals surface area contributed by atoms with Gasteiger partial charge in [0.15, 0.2) is 0 Å². The third-order valence-electron chi connectivity index (χ3n) is 3.60. The molecule has 0 bridgehead atoms. The van der Waals surface area contributed by atoms with Gasteiger partial charge in [-0.05, 0) is 31.0 Å². The lowest BCUT2D eigenvalue weighted by atomic mass is 10.3. The Bertz CT molecular complexity index is 547. The maximum Gasteiger partial charge on any atom is 0.129 e. The highest BCUT2D eigenvalue weighted by Crippen LogP contribution is 2.31. The molecule has 0 atom stereocenters. The molecule has 2 aromatic rings. The number of phenolic OH excluding ortho intramolecular Hbond substituents is 1. The number of aromatic nitrogens is 2. The van der Waals surface area contributed by atoms with Crippen LogP contribution in [0.5, 0.6) is 5.75 Å². The first kappa shape index (κ1) is 12.6. The average molecular weight is 274 g/mol. The summed E-state index contributed by atoms with van der Waals surface area (Å²) in [5.41, 5.74) is 1.08. The van der Waals surface area contributed by atoms with E-state index in [0.717, 1.165) is 16.3 Å². The summed E-state index contributed by atoms with van der Waals surface area (Å²) >= 11 is 1.63. The van der Waals surface area contributed by atoms with Gasteiger partial charge in [0, 0.05) is 16.8 Å². The van der Waals surface area contributed by atoms with Crippen LogP contribution in [0.25, 0.3) is 0 Å². The highest BCUT2D eigenvalue weighted by Gasteiger charge is 2.17. The zero-order chi connectivity index (χ0) is 13.1. The number of benzene rings is 1. The van der Waals surface area contributed by atoms with E-state index in [2.05, 4.69) is 22.0 Å². The molecule has 4 heteroatoms. The molecule has 1 saturated carbocycles. The maximum atomic E-state index is 9.72. The Morgan fingerprint density at radius 1 is 1.21 bits per heavy atom. The van der Waals surface area contributed by atoms with Gasteiger partial charge in [-0.3, -0.25) is 4.68 Å². The predicted molar refractivity (Wildman–Crippen MR) is 77.4 cm³/mol. The molecule has 1 heterocycles. The minimum Gasteiger partial charge on any atom is -0.507 e. The molecular weight excluding hydrogens is 256 g/mol. The molecule has 100 valence electrons. The fourth-order valence-electron chi connectivity index (χ4n) is 2.56. The van der Waals surface area contributed by atoms with Gasteiger partial charge in [0.05, 0.1) is 11.7 Å². The van der Waals surface area contributed by atoms with Crippen LogP contribution < -0.4 is 0 Å². The zero-order valence-electron chi connectivity index (χ0n) is 10.8. The van der Waals surface area contributed by atoms with Crippen molar-refractivity contribution in [2.45, 2.75) is 42.4 Å². The van der Waals surface area contributed by atoms with Gasteiger partial charge in [-0.2, -0.15) is 5.10 Å². The molecule has 19 heavy (non-hydrogen) atoms. The van der Waals surface area contributed by atoms with Gasteiger partial charge >= 0.3 is 0 Å². The minimum absolute atomic E-state index is 0.350. The van der Waals surface area contributed by atoms with Crippen molar-refractivity contribution in [3.8, 4) is 5.75 Å². The Morgan fingerprint density at radius 3 is 2.79 bits per heavy atom. The molecule has 0 saturated heterocycles. The fourth-order valence-corrected chi connectivity index (χ4v) is 3.41. The third kappa shape index (κ3) is 2.95. The van der Waals surface area contributed by atoms with E-state index < -0.39 is 0 Å². The van der Waals surface area contributed by atoms with Gasteiger partial charge in [-0.25, -0.2) is 0 Å². The molecule has 3 rings (SSSR count). The number of hydrogen-bond acceptors (Lipinski definition) is 3.